The van der Waals surface area contributed by atoms with Gasteiger partial charge in [0.1, 0.15) is 10.7 Å². The number of rotatable bonds is 5. The number of sulfonamides is 1. The number of pyridine rings is 1. The number of hydrogen-bond acceptors (Lipinski definition) is 5. The molecule has 0 saturated carbocycles. The predicted molar refractivity (Wildman–Crippen MR) is 106 cm³/mol. The van der Waals surface area contributed by atoms with Gasteiger partial charge in [0, 0.05) is 36.9 Å². The Hall–Kier alpha value is -3.46. The fourth-order valence-corrected chi connectivity index (χ4v) is 3.78. The first-order chi connectivity index (χ1) is 13.4. The molecule has 0 unspecified atom stereocenters. The molecule has 0 aliphatic heterocycles. The molecule has 28 heavy (non-hydrogen) atoms. The van der Waals surface area contributed by atoms with Gasteiger partial charge in [0.25, 0.3) is 10.0 Å². The molecule has 0 fully saturated rings. The number of nitrogens with one attached hydrogen (secondary N) is 1. The van der Waals surface area contributed by atoms with Crippen LogP contribution in [-0.4, -0.2) is 32.7 Å². The summed E-state index contributed by atoms with van der Waals surface area (Å²) in [6.45, 7) is 1.93. The van der Waals surface area contributed by atoms with E-state index in [9.17, 15) is 8.42 Å². The van der Waals surface area contributed by atoms with E-state index in [4.69, 9.17) is 0 Å². The Labute approximate surface area is 162 Å². The topological polar surface area (TPSA) is 94.7 Å². The Morgan fingerprint density at radius 2 is 1.93 bits per heavy atom. The van der Waals surface area contributed by atoms with E-state index in [2.05, 4.69) is 19.8 Å². The number of hydrogen-bond donors (Lipinski definition) is 1. The summed E-state index contributed by atoms with van der Waals surface area (Å²) in [5, 5.41) is 4.13. The average molecular weight is 394 g/mol. The number of aromatic nitrogens is 5. The summed E-state index contributed by atoms with van der Waals surface area (Å²) in [6.07, 6.45) is 7.92. The van der Waals surface area contributed by atoms with Crippen molar-refractivity contribution in [3.63, 3.8) is 0 Å². The highest BCUT2D eigenvalue weighted by atomic mass is 32.2. The Kier molecular flexibility index (Phi) is 4.44. The smallest absolute Gasteiger partial charge is 0.265 e. The third kappa shape index (κ3) is 3.52. The largest absolute Gasteiger partial charge is 0.334 e. The molecule has 0 saturated heterocycles. The van der Waals surface area contributed by atoms with E-state index < -0.39 is 10.0 Å². The minimum Gasteiger partial charge on any atom is -0.334 e. The van der Waals surface area contributed by atoms with Crippen molar-refractivity contribution < 1.29 is 8.42 Å². The lowest BCUT2D eigenvalue weighted by molar-refractivity contribution is 0.601. The Balaban J connectivity index is 1.61. The van der Waals surface area contributed by atoms with Gasteiger partial charge in [-0.1, -0.05) is 12.1 Å². The maximum atomic E-state index is 12.8. The van der Waals surface area contributed by atoms with Crippen LogP contribution in [0.4, 0.5) is 5.69 Å². The molecule has 4 aromatic rings. The van der Waals surface area contributed by atoms with Crippen molar-refractivity contribution in [2.24, 2.45) is 7.05 Å². The van der Waals surface area contributed by atoms with Crippen LogP contribution in [0.15, 0.2) is 72.3 Å². The SMILES string of the molecule is Cc1ccnc(-n2cc(S(=O)(=O)Nc3cccc(-c4nccn4C)c3)cn2)c1. The number of benzene rings is 1. The number of imidazole rings is 1. The van der Waals surface area contributed by atoms with Crippen LogP contribution in [0.2, 0.25) is 0 Å². The summed E-state index contributed by atoms with van der Waals surface area (Å²) in [7, 11) is -1.91. The van der Waals surface area contributed by atoms with Gasteiger partial charge in [-0.25, -0.2) is 23.1 Å². The molecule has 1 aromatic carbocycles. The average Bonchev–Trinajstić information content (AvgIpc) is 3.31. The monoisotopic (exact) mass is 394 g/mol. The van der Waals surface area contributed by atoms with Crippen molar-refractivity contribution in [1.29, 1.82) is 0 Å². The van der Waals surface area contributed by atoms with Crippen molar-refractivity contribution in [3.8, 4) is 17.2 Å². The third-order valence-electron chi connectivity index (χ3n) is 4.20. The third-order valence-corrected chi connectivity index (χ3v) is 5.53. The molecular weight excluding hydrogens is 376 g/mol. The number of aryl methyl sites for hydroxylation is 2. The lowest BCUT2D eigenvalue weighted by atomic mass is 10.2. The van der Waals surface area contributed by atoms with Crippen LogP contribution >= 0.6 is 0 Å². The van der Waals surface area contributed by atoms with Crippen molar-refractivity contribution in [1.82, 2.24) is 24.3 Å². The lowest BCUT2D eigenvalue weighted by Crippen LogP contribution is -2.12. The zero-order chi connectivity index (χ0) is 19.7. The molecule has 0 amide bonds. The van der Waals surface area contributed by atoms with Gasteiger partial charge in [-0.2, -0.15) is 5.10 Å². The Bertz CT molecular complexity index is 1240. The summed E-state index contributed by atoms with van der Waals surface area (Å²) >= 11 is 0. The molecule has 4 rings (SSSR count). The second-order valence-corrected chi connectivity index (χ2v) is 8.04. The quantitative estimate of drug-likeness (QED) is 0.562. The van der Waals surface area contributed by atoms with Gasteiger partial charge in [0.2, 0.25) is 0 Å². The molecule has 142 valence electrons. The van der Waals surface area contributed by atoms with Gasteiger partial charge in [-0.15, -0.1) is 0 Å². The van der Waals surface area contributed by atoms with Crippen LogP contribution in [0.5, 0.6) is 0 Å². The fraction of sp³-hybridized carbons (Fsp3) is 0.105. The number of nitrogens with zero attached hydrogens (tertiary/aromatic N) is 5. The molecule has 0 radical (unpaired) electrons. The fourth-order valence-electron chi connectivity index (χ4n) is 2.80. The number of anilines is 1. The van der Waals surface area contributed by atoms with Crippen LogP contribution in [0.1, 0.15) is 5.56 Å². The molecule has 0 spiro atoms. The molecule has 3 heterocycles. The van der Waals surface area contributed by atoms with Gasteiger partial charge in [0.15, 0.2) is 5.82 Å². The first-order valence-corrected chi connectivity index (χ1v) is 9.99. The van der Waals surface area contributed by atoms with Crippen molar-refractivity contribution in [2.45, 2.75) is 11.8 Å². The standard InChI is InChI=1S/C19H18N6O2S/c1-14-6-7-20-18(10-14)25-13-17(12-22-25)28(26,27)23-16-5-3-4-15(11-16)19-21-8-9-24(19)2/h3-13,23H,1-2H3. The van der Waals surface area contributed by atoms with Crippen molar-refractivity contribution >= 4 is 15.7 Å². The van der Waals surface area contributed by atoms with E-state index in [0.29, 0.717) is 11.5 Å². The first kappa shape index (κ1) is 17.9. The summed E-state index contributed by atoms with van der Waals surface area (Å²) in [6, 6.07) is 10.8. The molecule has 8 nitrogen and oxygen atoms in total. The van der Waals surface area contributed by atoms with Crippen LogP contribution in [0.3, 0.4) is 0 Å². The van der Waals surface area contributed by atoms with Gasteiger partial charge in [0.05, 0.1) is 12.4 Å². The van der Waals surface area contributed by atoms with E-state index in [-0.39, 0.29) is 4.90 Å². The molecule has 0 aliphatic carbocycles. The summed E-state index contributed by atoms with van der Waals surface area (Å²) in [5.41, 5.74) is 2.27. The van der Waals surface area contributed by atoms with Crippen molar-refractivity contribution in [2.75, 3.05) is 4.72 Å². The molecule has 1 N–H and O–H groups in total. The maximum Gasteiger partial charge on any atom is 0.265 e. The second-order valence-electron chi connectivity index (χ2n) is 6.36. The van der Waals surface area contributed by atoms with Gasteiger partial charge in [-0.05, 0) is 36.8 Å². The van der Waals surface area contributed by atoms with Crippen molar-refractivity contribution in [3.05, 3.63) is 72.9 Å². The molecule has 0 bridgehead atoms. The van der Waals surface area contributed by atoms with E-state index in [1.165, 1.54) is 17.1 Å². The molecular formula is C19H18N6O2S. The maximum absolute atomic E-state index is 12.8. The molecule has 3 aromatic heterocycles. The molecule has 9 heteroatoms. The highest BCUT2D eigenvalue weighted by Crippen LogP contribution is 2.23. The Morgan fingerprint density at radius 1 is 1.07 bits per heavy atom. The Morgan fingerprint density at radius 3 is 2.68 bits per heavy atom. The van der Waals surface area contributed by atoms with Crippen LogP contribution in [0, 0.1) is 6.92 Å². The zero-order valence-corrected chi connectivity index (χ0v) is 16.1. The molecule has 0 atom stereocenters. The van der Waals surface area contributed by atoms with Crippen LogP contribution in [-0.2, 0) is 17.1 Å². The van der Waals surface area contributed by atoms with Crippen LogP contribution in [0.25, 0.3) is 17.2 Å². The summed E-state index contributed by atoms with van der Waals surface area (Å²) < 4.78 is 31.4. The highest BCUT2D eigenvalue weighted by Gasteiger charge is 2.18. The van der Waals surface area contributed by atoms with E-state index >= 15 is 0 Å². The van der Waals surface area contributed by atoms with Gasteiger partial charge >= 0.3 is 0 Å². The first-order valence-electron chi connectivity index (χ1n) is 8.51. The molecule has 0 aliphatic rings. The van der Waals surface area contributed by atoms with Gasteiger partial charge in [-0.3, -0.25) is 4.72 Å². The summed E-state index contributed by atoms with van der Waals surface area (Å²) in [5.74, 6) is 1.30. The zero-order valence-electron chi connectivity index (χ0n) is 15.3. The van der Waals surface area contributed by atoms with E-state index in [1.807, 2.05) is 42.9 Å². The van der Waals surface area contributed by atoms with Gasteiger partial charge < -0.3 is 4.57 Å². The normalized spacial score (nSPS) is 11.5. The van der Waals surface area contributed by atoms with E-state index in [1.54, 1.807) is 30.6 Å². The predicted octanol–water partition coefficient (Wildman–Crippen LogP) is 2.78. The van der Waals surface area contributed by atoms with Crippen LogP contribution < -0.4 is 4.72 Å². The minimum absolute atomic E-state index is 0.0539. The van der Waals surface area contributed by atoms with E-state index in [0.717, 1.165) is 17.0 Å². The second kappa shape index (κ2) is 6.93. The highest BCUT2D eigenvalue weighted by molar-refractivity contribution is 7.92. The summed E-state index contributed by atoms with van der Waals surface area (Å²) in [4.78, 5) is 8.56. The minimum atomic E-state index is -3.79. The lowest BCUT2D eigenvalue weighted by Gasteiger charge is -2.08.